The molecule has 39 heavy (non-hydrogen) atoms. The largest absolute Gasteiger partial charge is 0.470 e. The molecule has 1 aromatic heterocycles. The minimum Gasteiger partial charge on any atom is -0.470 e. The van der Waals surface area contributed by atoms with Gasteiger partial charge in [-0.15, -0.1) is 4.37 Å². The molecule has 220 valence electrons. The molecule has 1 aliphatic rings. The number of esters is 4. The van der Waals surface area contributed by atoms with Crippen molar-refractivity contribution >= 4 is 41.4 Å². The predicted octanol–water partition coefficient (Wildman–Crippen LogP) is 0.868. The number of rotatable bonds is 13. The van der Waals surface area contributed by atoms with Gasteiger partial charge in [0.1, 0.15) is 12.7 Å². The van der Waals surface area contributed by atoms with Gasteiger partial charge in [0.2, 0.25) is 5.82 Å². The second kappa shape index (κ2) is 14.9. The lowest BCUT2D eigenvalue weighted by Crippen LogP contribution is -2.45. The van der Waals surface area contributed by atoms with Gasteiger partial charge >= 0.3 is 23.9 Å². The molecule has 0 amide bonds. The highest BCUT2D eigenvalue weighted by molar-refractivity contribution is 6.99. The van der Waals surface area contributed by atoms with E-state index < -0.39 is 48.3 Å². The summed E-state index contributed by atoms with van der Waals surface area (Å²) < 4.78 is 40.2. The molecule has 4 unspecified atom stereocenters. The Hall–Kier alpha value is -3.04. The maximum absolute atomic E-state index is 12.8. The van der Waals surface area contributed by atoms with E-state index in [-0.39, 0.29) is 18.7 Å². The second-order valence-electron chi connectivity index (χ2n) is 9.90. The van der Waals surface area contributed by atoms with E-state index in [2.05, 4.69) is 14.1 Å². The summed E-state index contributed by atoms with van der Waals surface area (Å²) >= 11 is 1.02. The van der Waals surface area contributed by atoms with Crippen LogP contribution in [0.25, 0.3) is 0 Å². The molecule has 2 heterocycles. The number of nitrogens with one attached hydrogen (secondary N) is 1. The summed E-state index contributed by atoms with van der Waals surface area (Å²) in [7, 11) is 0. The molecule has 0 aromatic carbocycles. The Kier molecular flexibility index (Phi) is 12.3. The number of carbonyl (C=O) groups excluding carboxylic acids is 4. The molecular formula is C24H38N4O10S. The van der Waals surface area contributed by atoms with E-state index in [1.54, 1.807) is 0 Å². The van der Waals surface area contributed by atoms with Gasteiger partial charge in [0.15, 0.2) is 18.3 Å². The molecule has 0 radical (unpaired) electrons. The van der Waals surface area contributed by atoms with Crippen LogP contribution in [-0.4, -0.2) is 102 Å². The van der Waals surface area contributed by atoms with Crippen LogP contribution < -0.4 is 15.0 Å². The van der Waals surface area contributed by atoms with Crippen molar-refractivity contribution in [3.63, 3.8) is 0 Å². The van der Waals surface area contributed by atoms with Crippen LogP contribution in [0.2, 0.25) is 0 Å². The fourth-order valence-electron chi connectivity index (χ4n) is 3.16. The second-order valence-corrected chi connectivity index (χ2v) is 10.4. The zero-order valence-electron chi connectivity index (χ0n) is 23.4. The maximum Gasteiger partial charge on any atom is 0.347 e. The molecule has 0 aliphatic carbocycles. The Morgan fingerprint density at radius 2 is 1.46 bits per heavy atom. The third kappa shape index (κ3) is 11.3. The SMILES string of the molecule is CC(=O)OC(C)C(=O)OC(C)C(=O)OC(C)C(=O)OC(CNC(C)(C)C)COc1nsnc1N1CCOCC1. The molecule has 1 saturated heterocycles. The number of nitrogens with zero attached hydrogens (tertiary/aromatic N) is 3. The number of morpholine rings is 1. The number of carbonyl (C=O) groups is 4. The summed E-state index contributed by atoms with van der Waals surface area (Å²) in [5, 5.41) is 3.26. The van der Waals surface area contributed by atoms with Gasteiger partial charge in [-0.05, 0) is 41.5 Å². The van der Waals surface area contributed by atoms with Crippen LogP contribution in [0.5, 0.6) is 5.88 Å². The molecule has 4 atom stereocenters. The predicted molar refractivity (Wildman–Crippen MR) is 138 cm³/mol. The molecule has 1 aromatic rings. The highest BCUT2D eigenvalue weighted by atomic mass is 32.1. The van der Waals surface area contributed by atoms with Crippen LogP contribution >= 0.6 is 11.7 Å². The van der Waals surface area contributed by atoms with Crippen LogP contribution in [0, 0.1) is 0 Å². The quantitative estimate of drug-likeness (QED) is 0.260. The van der Waals surface area contributed by atoms with Gasteiger partial charge in [0.25, 0.3) is 5.88 Å². The average Bonchev–Trinajstić information content (AvgIpc) is 3.33. The average molecular weight is 575 g/mol. The van der Waals surface area contributed by atoms with Crippen molar-refractivity contribution < 1.29 is 47.6 Å². The molecule has 14 nitrogen and oxygen atoms in total. The summed E-state index contributed by atoms with van der Waals surface area (Å²) in [5.74, 6) is -2.45. The molecule has 15 heteroatoms. The number of hydrogen-bond acceptors (Lipinski definition) is 15. The summed E-state index contributed by atoms with van der Waals surface area (Å²) in [5.41, 5.74) is -0.271. The summed E-state index contributed by atoms with van der Waals surface area (Å²) in [6, 6.07) is 0. The molecule has 1 N–H and O–H groups in total. The van der Waals surface area contributed by atoms with Gasteiger partial charge in [-0.25, -0.2) is 14.4 Å². The van der Waals surface area contributed by atoms with Crippen molar-refractivity contribution in [2.24, 2.45) is 0 Å². The van der Waals surface area contributed by atoms with Crippen molar-refractivity contribution in [2.45, 2.75) is 78.4 Å². The summed E-state index contributed by atoms with van der Waals surface area (Å²) in [4.78, 5) is 50.1. The Morgan fingerprint density at radius 3 is 2.00 bits per heavy atom. The zero-order chi connectivity index (χ0) is 29.2. The molecule has 1 fully saturated rings. The fraction of sp³-hybridized carbons (Fsp3) is 0.750. The highest BCUT2D eigenvalue weighted by Gasteiger charge is 2.30. The molecule has 0 saturated carbocycles. The van der Waals surface area contributed by atoms with E-state index >= 15 is 0 Å². The van der Waals surface area contributed by atoms with E-state index in [4.69, 9.17) is 28.4 Å². The first-order valence-corrected chi connectivity index (χ1v) is 13.3. The third-order valence-electron chi connectivity index (χ3n) is 5.23. The zero-order valence-corrected chi connectivity index (χ0v) is 24.2. The number of aromatic nitrogens is 2. The minimum absolute atomic E-state index is 0.0275. The summed E-state index contributed by atoms with van der Waals surface area (Å²) in [6.07, 6.45) is -4.60. The van der Waals surface area contributed by atoms with Gasteiger partial charge in [-0.1, -0.05) is 0 Å². The maximum atomic E-state index is 12.8. The fourth-order valence-corrected chi connectivity index (χ4v) is 3.68. The Bertz CT molecular complexity index is 976. The van der Waals surface area contributed by atoms with Crippen molar-refractivity contribution in [1.29, 1.82) is 0 Å². The van der Waals surface area contributed by atoms with Gasteiger partial charge in [-0.3, -0.25) is 4.79 Å². The van der Waals surface area contributed by atoms with Crippen molar-refractivity contribution in [1.82, 2.24) is 14.1 Å². The van der Waals surface area contributed by atoms with Crippen LogP contribution in [-0.2, 0) is 42.9 Å². The lowest BCUT2D eigenvalue weighted by molar-refractivity contribution is -0.183. The van der Waals surface area contributed by atoms with Crippen molar-refractivity contribution in [3.8, 4) is 5.88 Å². The standard InChI is InChI=1S/C24H38N4O10S/c1-14(35-17(4)29)21(30)36-15(2)22(31)37-16(3)23(32)38-18(12-25-24(5,6)7)13-34-20-19(26-39-27-20)28-8-10-33-11-9-28/h14-16,18,25H,8-13H2,1-7H3. The third-order valence-corrected chi connectivity index (χ3v) is 5.73. The number of ether oxygens (including phenoxy) is 6. The first-order valence-electron chi connectivity index (χ1n) is 12.6. The van der Waals surface area contributed by atoms with E-state index in [9.17, 15) is 19.2 Å². The summed E-state index contributed by atoms with van der Waals surface area (Å²) in [6.45, 7) is 13.6. The van der Waals surface area contributed by atoms with Crippen LogP contribution in [0.3, 0.4) is 0 Å². The van der Waals surface area contributed by atoms with Gasteiger partial charge in [0, 0.05) is 32.1 Å². The first-order chi connectivity index (χ1) is 18.3. The Labute approximate surface area is 231 Å². The molecule has 1 aliphatic heterocycles. The van der Waals surface area contributed by atoms with Gasteiger partial charge < -0.3 is 38.6 Å². The Morgan fingerprint density at radius 1 is 0.923 bits per heavy atom. The monoisotopic (exact) mass is 574 g/mol. The van der Waals surface area contributed by atoms with Gasteiger partial charge in [-0.2, -0.15) is 4.37 Å². The normalized spacial score (nSPS) is 16.8. The van der Waals surface area contributed by atoms with Crippen LogP contribution in [0.1, 0.15) is 48.5 Å². The smallest absolute Gasteiger partial charge is 0.347 e. The lowest BCUT2D eigenvalue weighted by atomic mass is 10.1. The lowest BCUT2D eigenvalue weighted by Gasteiger charge is -2.28. The Balaban J connectivity index is 1.95. The van der Waals surface area contributed by atoms with Crippen molar-refractivity contribution in [3.05, 3.63) is 0 Å². The minimum atomic E-state index is -1.34. The number of hydrogen-bond donors (Lipinski definition) is 1. The van der Waals surface area contributed by atoms with Crippen LogP contribution in [0.15, 0.2) is 0 Å². The number of anilines is 1. The molecule has 0 bridgehead atoms. The molecular weight excluding hydrogens is 536 g/mol. The van der Waals surface area contributed by atoms with Crippen molar-refractivity contribution in [2.75, 3.05) is 44.4 Å². The van der Waals surface area contributed by atoms with E-state index in [0.717, 1.165) is 18.7 Å². The topological polar surface area (TPSA) is 165 Å². The molecule has 2 rings (SSSR count). The molecule has 0 spiro atoms. The van der Waals surface area contributed by atoms with Crippen LogP contribution in [0.4, 0.5) is 5.82 Å². The van der Waals surface area contributed by atoms with E-state index in [0.29, 0.717) is 38.0 Å². The van der Waals surface area contributed by atoms with E-state index in [1.807, 2.05) is 25.7 Å². The van der Waals surface area contributed by atoms with E-state index in [1.165, 1.54) is 20.8 Å². The first kappa shape index (κ1) is 32.2. The highest BCUT2D eigenvalue weighted by Crippen LogP contribution is 2.26. The van der Waals surface area contributed by atoms with Gasteiger partial charge in [0.05, 0.1) is 24.9 Å².